The zero-order valence-electron chi connectivity index (χ0n) is 15.4. The number of nitrogens with zero attached hydrogens (tertiary/aromatic N) is 2. The number of rotatable bonds is 5. The van der Waals surface area contributed by atoms with Crippen LogP contribution in [0.2, 0.25) is 0 Å². The SMILES string of the molecule is Cc1sc2ncn(CC3CCCO3)c(=O)c2c1C(=O)NCc1cccc(F)c1. The first kappa shape index (κ1) is 18.8. The number of hydrogen-bond acceptors (Lipinski definition) is 5. The highest BCUT2D eigenvalue weighted by Gasteiger charge is 2.23. The van der Waals surface area contributed by atoms with Gasteiger partial charge in [-0.15, -0.1) is 11.3 Å². The number of carbonyl (C=O) groups is 1. The number of halogens is 1. The van der Waals surface area contributed by atoms with Crippen LogP contribution in [0.3, 0.4) is 0 Å². The summed E-state index contributed by atoms with van der Waals surface area (Å²) in [4.78, 5) is 31.5. The van der Waals surface area contributed by atoms with Crippen LogP contribution in [0.15, 0.2) is 35.4 Å². The van der Waals surface area contributed by atoms with Crippen molar-refractivity contribution in [3.63, 3.8) is 0 Å². The summed E-state index contributed by atoms with van der Waals surface area (Å²) in [7, 11) is 0. The Labute approximate surface area is 165 Å². The van der Waals surface area contributed by atoms with E-state index in [4.69, 9.17) is 4.74 Å². The molecule has 1 aliphatic rings. The summed E-state index contributed by atoms with van der Waals surface area (Å²) in [5.41, 5.74) is 0.760. The zero-order chi connectivity index (χ0) is 19.7. The van der Waals surface area contributed by atoms with E-state index in [9.17, 15) is 14.0 Å². The molecule has 1 aliphatic heterocycles. The van der Waals surface area contributed by atoms with Gasteiger partial charge in [-0.2, -0.15) is 0 Å². The van der Waals surface area contributed by atoms with Crippen molar-refractivity contribution in [3.05, 3.63) is 62.8 Å². The molecule has 0 saturated carbocycles. The Morgan fingerprint density at radius 1 is 1.46 bits per heavy atom. The van der Waals surface area contributed by atoms with Gasteiger partial charge < -0.3 is 10.1 Å². The van der Waals surface area contributed by atoms with E-state index in [-0.39, 0.29) is 29.9 Å². The van der Waals surface area contributed by atoms with E-state index in [1.807, 2.05) is 0 Å². The van der Waals surface area contributed by atoms with Gasteiger partial charge in [0.25, 0.3) is 11.5 Å². The molecular formula is C20H20FN3O3S. The van der Waals surface area contributed by atoms with Crippen LogP contribution in [-0.2, 0) is 17.8 Å². The fourth-order valence-electron chi connectivity index (χ4n) is 3.47. The van der Waals surface area contributed by atoms with Gasteiger partial charge in [-0.05, 0) is 37.5 Å². The molecule has 3 heterocycles. The van der Waals surface area contributed by atoms with Gasteiger partial charge in [0.15, 0.2) is 0 Å². The van der Waals surface area contributed by atoms with Gasteiger partial charge in [0.2, 0.25) is 0 Å². The minimum absolute atomic E-state index is 0.00179. The van der Waals surface area contributed by atoms with Crippen molar-refractivity contribution in [1.82, 2.24) is 14.9 Å². The maximum Gasteiger partial charge on any atom is 0.262 e. The quantitative estimate of drug-likeness (QED) is 0.713. The number of nitrogens with one attached hydrogen (secondary N) is 1. The van der Waals surface area contributed by atoms with Crippen LogP contribution >= 0.6 is 11.3 Å². The molecule has 0 bridgehead atoms. The highest BCUT2D eigenvalue weighted by atomic mass is 32.1. The maximum atomic E-state index is 13.3. The number of aromatic nitrogens is 2. The number of fused-ring (bicyclic) bond motifs is 1. The third kappa shape index (κ3) is 3.70. The lowest BCUT2D eigenvalue weighted by atomic mass is 10.1. The number of aryl methyl sites for hydroxylation is 1. The molecule has 1 N–H and O–H groups in total. The van der Waals surface area contributed by atoms with Crippen molar-refractivity contribution >= 4 is 27.5 Å². The van der Waals surface area contributed by atoms with Crippen molar-refractivity contribution in [2.24, 2.45) is 0 Å². The third-order valence-corrected chi connectivity index (χ3v) is 5.86. The molecular weight excluding hydrogens is 381 g/mol. The topological polar surface area (TPSA) is 73.2 Å². The Kier molecular flexibility index (Phi) is 5.23. The molecule has 4 rings (SSSR count). The molecule has 0 radical (unpaired) electrons. The molecule has 3 aromatic rings. The highest BCUT2D eigenvalue weighted by Crippen LogP contribution is 2.27. The van der Waals surface area contributed by atoms with Gasteiger partial charge >= 0.3 is 0 Å². The van der Waals surface area contributed by atoms with Crippen molar-refractivity contribution in [1.29, 1.82) is 0 Å². The van der Waals surface area contributed by atoms with Crippen LogP contribution < -0.4 is 10.9 Å². The summed E-state index contributed by atoms with van der Waals surface area (Å²) in [5.74, 6) is -0.716. The normalized spacial score (nSPS) is 16.6. The summed E-state index contributed by atoms with van der Waals surface area (Å²) < 4.78 is 20.5. The lowest BCUT2D eigenvalue weighted by Gasteiger charge is -2.11. The molecule has 1 aromatic carbocycles. The number of benzene rings is 1. The second-order valence-corrected chi connectivity index (χ2v) is 8.07. The zero-order valence-corrected chi connectivity index (χ0v) is 16.2. The fourth-order valence-corrected chi connectivity index (χ4v) is 4.44. The van der Waals surface area contributed by atoms with Crippen LogP contribution in [0.5, 0.6) is 0 Å². The molecule has 1 unspecified atom stereocenters. The van der Waals surface area contributed by atoms with E-state index in [0.29, 0.717) is 34.5 Å². The minimum atomic E-state index is -0.359. The predicted molar refractivity (Wildman–Crippen MR) is 105 cm³/mol. The van der Waals surface area contributed by atoms with E-state index >= 15 is 0 Å². The summed E-state index contributed by atoms with van der Waals surface area (Å²) in [5, 5.41) is 3.11. The number of amides is 1. The van der Waals surface area contributed by atoms with Crippen LogP contribution in [0.4, 0.5) is 4.39 Å². The molecule has 146 valence electrons. The molecule has 0 aliphatic carbocycles. The molecule has 1 fully saturated rings. The van der Waals surface area contributed by atoms with Crippen LogP contribution in [0, 0.1) is 12.7 Å². The van der Waals surface area contributed by atoms with Crippen molar-refractivity contribution < 1.29 is 13.9 Å². The van der Waals surface area contributed by atoms with Crippen molar-refractivity contribution in [2.45, 2.75) is 39.0 Å². The third-order valence-electron chi connectivity index (χ3n) is 4.85. The average molecular weight is 401 g/mol. The number of hydrogen-bond donors (Lipinski definition) is 1. The van der Waals surface area contributed by atoms with Crippen LogP contribution in [0.25, 0.3) is 10.2 Å². The first-order valence-corrected chi connectivity index (χ1v) is 9.97. The molecule has 1 atom stereocenters. The van der Waals surface area contributed by atoms with Crippen LogP contribution in [0.1, 0.15) is 33.6 Å². The molecule has 2 aromatic heterocycles. The van der Waals surface area contributed by atoms with E-state index in [1.54, 1.807) is 19.1 Å². The first-order valence-electron chi connectivity index (χ1n) is 9.15. The second kappa shape index (κ2) is 7.81. The number of ether oxygens (including phenoxy) is 1. The first-order chi connectivity index (χ1) is 13.5. The molecule has 1 amide bonds. The van der Waals surface area contributed by atoms with Crippen LogP contribution in [-0.4, -0.2) is 28.2 Å². The Balaban J connectivity index is 1.62. The fraction of sp³-hybridized carbons (Fsp3) is 0.350. The second-order valence-electron chi connectivity index (χ2n) is 6.86. The van der Waals surface area contributed by atoms with E-state index in [1.165, 1.54) is 34.4 Å². The van der Waals surface area contributed by atoms with Gasteiger partial charge in [-0.3, -0.25) is 14.2 Å². The summed E-state index contributed by atoms with van der Waals surface area (Å²) in [6.45, 7) is 3.12. The van der Waals surface area contributed by atoms with Gasteiger partial charge in [-0.25, -0.2) is 9.37 Å². The summed E-state index contributed by atoms with van der Waals surface area (Å²) in [6.07, 6.45) is 3.42. The average Bonchev–Trinajstić information content (AvgIpc) is 3.29. The van der Waals surface area contributed by atoms with Gasteiger partial charge in [0.05, 0.1) is 29.9 Å². The largest absolute Gasteiger partial charge is 0.376 e. The van der Waals surface area contributed by atoms with Gasteiger partial charge in [-0.1, -0.05) is 12.1 Å². The standard InChI is InChI=1S/C20H20FN3O3S/c1-12-16(18(25)22-9-13-4-2-5-14(21)8-13)17-19(28-12)23-11-24(20(17)26)10-15-6-3-7-27-15/h2,4-5,8,11,15H,3,6-7,9-10H2,1H3,(H,22,25). The number of thiophene rings is 1. The Bertz CT molecular complexity index is 1090. The Morgan fingerprint density at radius 3 is 3.07 bits per heavy atom. The Morgan fingerprint density at radius 2 is 2.32 bits per heavy atom. The molecule has 0 spiro atoms. The minimum Gasteiger partial charge on any atom is -0.376 e. The smallest absolute Gasteiger partial charge is 0.262 e. The van der Waals surface area contributed by atoms with E-state index in [2.05, 4.69) is 10.3 Å². The lowest BCUT2D eigenvalue weighted by Crippen LogP contribution is -2.29. The highest BCUT2D eigenvalue weighted by molar-refractivity contribution is 7.19. The van der Waals surface area contributed by atoms with Crippen molar-refractivity contribution in [2.75, 3.05) is 6.61 Å². The predicted octanol–water partition coefficient (Wildman–Crippen LogP) is 3.01. The lowest BCUT2D eigenvalue weighted by molar-refractivity contribution is 0.0952. The van der Waals surface area contributed by atoms with Gasteiger partial charge in [0.1, 0.15) is 10.6 Å². The molecule has 8 heteroatoms. The molecule has 6 nitrogen and oxygen atoms in total. The summed E-state index contributed by atoms with van der Waals surface area (Å²) >= 11 is 1.32. The van der Waals surface area contributed by atoms with E-state index in [0.717, 1.165) is 17.7 Å². The van der Waals surface area contributed by atoms with Crippen molar-refractivity contribution in [3.8, 4) is 0 Å². The molecule has 28 heavy (non-hydrogen) atoms. The van der Waals surface area contributed by atoms with E-state index < -0.39 is 0 Å². The maximum absolute atomic E-state index is 13.3. The van der Waals surface area contributed by atoms with Gasteiger partial charge in [0, 0.05) is 18.0 Å². The monoisotopic (exact) mass is 401 g/mol. The number of carbonyl (C=O) groups excluding carboxylic acids is 1. The Hall–Kier alpha value is -2.58. The summed E-state index contributed by atoms with van der Waals surface area (Å²) in [6, 6.07) is 6.05. The molecule has 1 saturated heterocycles.